The van der Waals surface area contributed by atoms with Crippen LogP contribution in [0.1, 0.15) is 18.4 Å². The molecule has 1 aromatic carbocycles. The Balaban J connectivity index is 2.19. The number of aliphatic hydroxyl groups excluding tert-OH is 1. The van der Waals surface area contributed by atoms with Gasteiger partial charge in [-0.3, -0.25) is 0 Å². The second kappa shape index (κ2) is 6.89. The van der Waals surface area contributed by atoms with Crippen LogP contribution < -0.4 is 4.72 Å². The van der Waals surface area contributed by atoms with Crippen LogP contribution in [-0.2, 0) is 10.0 Å². The number of rotatable bonds is 6. The molecule has 2 rings (SSSR count). The van der Waals surface area contributed by atoms with Gasteiger partial charge in [-0.15, -0.1) is 11.3 Å². The molecule has 0 radical (unpaired) electrons. The second-order valence-corrected chi connectivity index (χ2v) is 8.32. The fourth-order valence-electron chi connectivity index (χ4n) is 1.99. The van der Waals surface area contributed by atoms with E-state index in [1.807, 2.05) is 37.3 Å². The zero-order chi connectivity index (χ0) is 15.5. The third kappa shape index (κ3) is 4.05. The number of sulfonamides is 1. The van der Waals surface area contributed by atoms with Crippen LogP contribution in [0.25, 0.3) is 0 Å². The van der Waals surface area contributed by atoms with E-state index in [1.165, 1.54) is 12.1 Å². The Kier molecular flexibility index (Phi) is 5.40. The zero-order valence-electron chi connectivity index (χ0n) is 11.4. The van der Waals surface area contributed by atoms with Gasteiger partial charge < -0.3 is 5.11 Å². The molecule has 1 aromatic heterocycles. The van der Waals surface area contributed by atoms with Crippen molar-refractivity contribution in [3.05, 3.63) is 52.4 Å². The summed E-state index contributed by atoms with van der Waals surface area (Å²) in [5.74, 6) is -0.151. The number of halogens is 1. The minimum absolute atomic E-state index is 0.145. The van der Waals surface area contributed by atoms with Gasteiger partial charge in [0, 0.05) is 0 Å². The van der Waals surface area contributed by atoms with Gasteiger partial charge in [0.15, 0.2) is 0 Å². The summed E-state index contributed by atoms with van der Waals surface area (Å²) in [4.78, 5) is 0. The van der Waals surface area contributed by atoms with E-state index in [9.17, 15) is 13.5 Å². The van der Waals surface area contributed by atoms with E-state index in [4.69, 9.17) is 11.6 Å². The lowest BCUT2D eigenvalue weighted by Crippen LogP contribution is -2.40. The fraction of sp³-hybridized carbons (Fsp3) is 0.286. The smallest absolute Gasteiger partial charge is 0.250 e. The van der Waals surface area contributed by atoms with Crippen LogP contribution in [0.4, 0.5) is 0 Å². The lowest BCUT2D eigenvalue weighted by molar-refractivity contribution is 0.242. The molecule has 0 fully saturated rings. The third-order valence-electron chi connectivity index (χ3n) is 3.25. The molecule has 0 aliphatic heterocycles. The maximum atomic E-state index is 12.3. The summed E-state index contributed by atoms with van der Waals surface area (Å²) in [5, 5.41) is 9.52. The summed E-state index contributed by atoms with van der Waals surface area (Å²) in [6.07, 6.45) is 0. The molecule has 0 aliphatic rings. The highest BCUT2D eigenvalue weighted by molar-refractivity contribution is 7.91. The van der Waals surface area contributed by atoms with Gasteiger partial charge >= 0.3 is 0 Å². The lowest BCUT2D eigenvalue weighted by Gasteiger charge is -2.23. The first kappa shape index (κ1) is 16.5. The minimum atomic E-state index is -3.68. The van der Waals surface area contributed by atoms with E-state index in [0.717, 1.165) is 16.9 Å². The highest BCUT2D eigenvalue weighted by Crippen LogP contribution is 2.27. The maximum absolute atomic E-state index is 12.3. The number of thiophene rings is 1. The summed E-state index contributed by atoms with van der Waals surface area (Å²) in [5.41, 5.74) is 0.962. The highest BCUT2D eigenvalue weighted by atomic mass is 35.5. The molecule has 2 N–H and O–H groups in total. The Morgan fingerprint density at radius 1 is 1.24 bits per heavy atom. The molecule has 2 aromatic rings. The highest BCUT2D eigenvalue weighted by Gasteiger charge is 2.26. The van der Waals surface area contributed by atoms with Crippen molar-refractivity contribution in [1.82, 2.24) is 4.72 Å². The average Bonchev–Trinajstić information content (AvgIpc) is 2.92. The molecule has 21 heavy (non-hydrogen) atoms. The van der Waals surface area contributed by atoms with E-state index < -0.39 is 16.1 Å². The molecule has 0 saturated heterocycles. The molecule has 4 nitrogen and oxygen atoms in total. The van der Waals surface area contributed by atoms with Crippen molar-refractivity contribution in [2.45, 2.75) is 23.1 Å². The summed E-state index contributed by atoms with van der Waals surface area (Å²) < 4.78 is 27.7. The van der Waals surface area contributed by atoms with E-state index in [1.54, 1.807) is 0 Å². The van der Waals surface area contributed by atoms with Gasteiger partial charge in [0.25, 0.3) is 0 Å². The molecule has 0 amide bonds. The molecule has 0 spiro atoms. The molecular weight excluding hydrogens is 330 g/mol. The van der Waals surface area contributed by atoms with Crippen molar-refractivity contribution in [3.8, 4) is 0 Å². The molecule has 0 aliphatic carbocycles. The lowest BCUT2D eigenvalue weighted by atomic mass is 9.94. The van der Waals surface area contributed by atoms with Gasteiger partial charge in [-0.25, -0.2) is 13.1 Å². The van der Waals surface area contributed by atoms with Crippen LogP contribution in [0.3, 0.4) is 0 Å². The first-order valence-corrected chi connectivity index (χ1v) is 9.05. The Morgan fingerprint density at radius 3 is 2.43 bits per heavy atom. The van der Waals surface area contributed by atoms with Crippen LogP contribution in [0.5, 0.6) is 0 Å². The number of nitrogens with one attached hydrogen (secondary N) is 1. The summed E-state index contributed by atoms with van der Waals surface area (Å²) in [6.45, 7) is 1.59. The van der Waals surface area contributed by atoms with Crippen LogP contribution in [0.15, 0.2) is 46.7 Å². The summed E-state index contributed by atoms with van der Waals surface area (Å²) in [7, 11) is -3.68. The molecular formula is C14H16ClNO3S2. The van der Waals surface area contributed by atoms with E-state index in [2.05, 4.69) is 4.72 Å². The van der Waals surface area contributed by atoms with Crippen molar-refractivity contribution < 1.29 is 13.5 Å². The predicted molar refractivity (Wildman–Crippen MR) is 85.4 cm³/mol. The minimum Gasteiger partial charge on any atom is -0.395 e. The Hall–Kier alpha value is -0.920. The largest absolute Gasteiger partial charge is 0.395 e. The Labute approximate surface area is 133 Å². The van der Waals surface area contributed by atoms with Gasteiger partial charge in [-0.05, 0) is 23.6 Å². The third-order valence-corrected chi connectivity index (χ3v) is 6.46. The normalized spacial score (nSPS) is 14.8. The number of hydrogen-bond acceptors (Lipinski definition) is 4. The molecule has 1 heterocycles. The summed E-state index contributed by atoms with van der Waals surface area (Å²) in [6, 6.07) is 11.9. The van der Waals surface area contributed by atoms with Crippen molar-refractivity contribution in [1.29, 1.82) is 0 Å². The van der Waals surface area contributed by atoms with Gasteiger partial charge in [0.05, 0.1) is 17.0 Å². The van der Waals surface area contributed by atoms with Crippen LogP contribution in [0.2, 0.25) is 4.34 Å². The van der Waals surface area contributed by atoms with Crippen LogP contribution >= 0.6 is 22.9 Å². The van der Waals surface area contributed by atoms with Crippen molar-refractivity contribution in [3.63, 3.8) is 0 Å². The van der Waals surface area contributed by atoms with Crippen molar-refractivity contribution >= 4 is 33.0 Å². The molecule has 2 unspecified atom stereocenters. The van der Waals surface area contributed by atoms with Gasteiger partial charge in [-0.1, -0.05) is 48.9 Å². The van der Waals surface area contributed by atoms with Gasteiger partial charge in [0.1, 0.15) is 4.21 Å². The Morgan fingerprint density at radius 2 is 1.90 bits per heavy atom. The van der Waals surface area contributed by atoms with Crippen molar-refractivity contribution in [2.24, 2.45) is 0 Å². The first-order valence-electron chi connectivity index (χ1n) is 6.37. The van der Waals surface area contributed by atoms with E-state index >= 15 is 0 Å². The zero-order valence-corrected chi connectivity index (χ0v) is 13.8. The number of hydrogen-bond donors (Lipinski definition) is 2. The Bertz CT molecular complexity index is 685. The topological polar surface area (TPSA) is 66.4 Å². The molecule has 114 valence electrons. The molecule has 0 saturated carbocycles. The average molecular weight is 346 g/mol. The van der Waals surface area contributed by atoms with E-state index in [-0.39, 0.29) is 16.7 Å². The molecule has 7 heteroatoms. The quantitative estimate of drug-likeness (QED) is 0.846. The monoisotopic (exact) mass is 345 g/mol. The summed E-state index contributed by atoms with van der Waals surface area (Å²) >= 11 is 6.76. The molecule has 0 bridgehead atoms. The van der Waals surface area contributed by atoms with Gasteiger partial charge in [-0.2, -0.15) is 0 Å². The number of benzene rings is 1. The SMILES string of the molecule is CC(c1ccccc1)C(CO)NS(=O)(=O)c1ccc(Cl)s1. The fourth-order valence-corrected chi connectivity index (χ4v) is 4.79. The standard InChI is InChI=1S/C14H16ClNO3S2/c1-10(11-5-3-2-4-6-11)12(9-17)16-21(18,19)14-8-7-13(15)20-14/h2-8,10,12,16-17H,9H2,1H3. The first-order chi connectivity index (χ1) is 9.94. The van der Waals surface area contributed by atoms with E-state index in [0.29, 0.717) is 4.34 Å². The van der Waals surface area contributed by atoms with Crippen molar-refractivity contribution in [2.75, 3.05) is 6.61 Å². The maximum Gasteiger partial charge on any atom is 0.250 e. The van der Waals surface area contributed by atoms with Crippen LogP contribution in [0, 0.1) is 0 Å². The molecule has 2 atom stereocenters. The number of aliphatic hydroxyl groups is 1. The van der Waals surface area contributed by atoms with Gasteiger partial charge in [0.2, 0.25) is 10.0 Å². The predicted octanol–water partition coefficient (Wildman–Crippen LogP) is 2.84. The van der Waals surface area contributed by atoms with Crippen LogP contribution in [-0.4, -0.2) is 26.2 Å². The second-order valence-electron chi connectivity index (χ2n) is 4.67.